The van der Waals surface area contributed by atoms with Gasteiger partial charge in [0.25, 0.3) is 0 Å². The molecule has 0 bridgehead atoms. The lowest BCUT2D eigenvalue weighted by atomic mass is 9.80. The number of nitrogens with zero attached hydrogens (tertiary/aromatic N) is 1. The van der Waals surface area contributed by atoms with E-state index in [0.717, 1.165) is 5.69 Å². The van der Waals surface area contributed by atoms with Crippen LogP contribution in [0, 0.1) is 0 Å². The molecule has 0 N–H and O–H groups in total. The van der Waals surface area contributed by atoms with Crippen LogP contribution < -0.4 is 4.90 Å². The van der Waals surface area contributed by atoms with Crippen molar-refractivity contribution in [1.82, 2.24) is 0 Å². The number of benzene rings is 6. The number of fused-ring (bicyclic) bond motifs is 8. The minimum atomic E-state index is -0.0998. The van der Waals surface area contributed by atoms with Crippen LogP contribution in [0.25, 0.3) is 42.1 Å². The minimum Gasteiger partial charge on any atom is -0.310 e. The van der Waals surface area contributed by atoms with Crippen molar-refractivity contribution in [3.8, 4) is 11.1 Å². The highest BCUT2D eigenvalue weighted by Crippen LogP contribution is 2.56. The average Bonchev–Trinajstić information content (AvgIpc) is 3.46. The molecule has 0 unspecified atom stereocenters. The van der Waals surface area contributed by atoms with Gasteiger partial charge in [0.15, 0.2) is 0 Å². The largest absolute Gasteiger partial charge is 0.310 e. The summed E-state index contributed by atoms with van der Waals surface area (Å²) < 4.78 is 2.65. The normalized spacial score (nSPS) is 13.6. The molecule has 0 fully saturated rings. The zero-order valence-electron chi connectivity index (χ0n) is 22.0. The summed E-state index contributed by atoms with van der Waals surface area (Å²) in [7, 11) is 0. The molecule has 39 heavy (non-hydrogen) atoms. The predicted molar refractivity (Wildman–Crippen MR) is 169 cm³/mol. The molecule has 0 amide bonds. The van der Waals surface area contributed by atoms with Crippen LogP contribution in [0.5, 0.6) is 0 Å². The summed E-state index contributed by atoms with van der Waals surface area (Å²) in [6, 6.07) is 46.8. The molecule has 0 aliphatic heterocycles. The van der Waals surface area contributed by atoms with Crippen molar-refractivity contribution in [2.24, 2.45) is 0 Å². The van der Waals surface area contributed by atoms with Crippen molar-refractivity contribution in [3.05, 3.63) is 139 Å². The number of para-hydroxylation sites is 1. The quantitative estimate of drug-likeness (QED) is 0.225. The fourth-order valence-corrected chi connectivity index (χ4v) is 7.76. The van der Waals surface area contributed by atoms with Crippen molar-refractivity contribution >= 4 is 59.3 Å². The molecule has 2 heteroatoms. The third kappa shape index (κ3) is 3.25. The van der Waals surface area contributed by atoms with Crippen LogP contribution in [0.15, 0.2) is 127 Å². The van der Waals surface area contributed by atoms with E-state index in [1.54, 1.807) is 0 Å². The first-order valence-corrected chi connectivity index (χ1v) is 14.4. The lowest BCUT2D eigenvalue weighted by Crippen LogP contribution is -2.16. The maximum absolute atomic E-state index is 2.47. The highest BCUT2D eigenvalue weighted by molar-refractivity contribution is 7.25. The van der Waals surface area contributed by atoms with Gasteiger partial charge in [0.05, 0.1) is 5.69 Å². The van der Waals surface area contributed by atoms with Crippen molar-refractivity contribution < 1.29 is 0 Å². The molecule has 1 aliphatic carbocycles. The van der Waals surface area contributed by atoms with Gasteiger partial charge in [-0.3, -0.25) is 0 Å². The van der Waals surface area contributed by atoms with Crippen LogP contribution in [0.4, 0.5) is 17.1 Å². The van der Waals surface area contributed by atoms with Crippen LogP contribution in [0.1, 0.15) is 25.0 Å². The van der Waals surface area contributed by atoms with Gasteiger partial charge in [-0.1, -0.05) is 98.8 Å². The Morgan fingerprint density at radius 3 is 2.13 bits per heavy atom. The van der Waals surface area contributed by atoms with Gasteiger partial charge in [-0.05, 0) is 69.9 Å². The molecule has 0 radical (unpaired) electrons. The smallest absolute Gasteiger partial charge is 0.0549 e. The standard InChI is InChI=1S/C37H27NS/c1-37(2)31-18-10-8-17-29(31)35-32(22-24-12-6-7-15-27(24)36(35)37)38(25-13-4-3-5-14-25)26-20-21-34-30(23-26)28-16-9-11-19-33(28)39-34/h3-23H,1-2H3. The zero-order chi connectivity index (χ0) is 26.1. The Labute approximate surface area is 232 Å². The van der Waals surface area contributed by atoms with Crippen LogP contribution in [-0.2, 0) is 5.41 Å². The Balaban J connectivity index is 1.49. The van der Waals surface area contributed by atoms with Gasteiger partial charge in [0.1, 0.15) is 0 Å². The molecule has 0 spiro atoms. The molecule has 7 aromatic rings. The Morgan fingerprint density at radius 2 is 1.26 bits per heavy atom. The first-order valence-electron chi connectivity index (χ1n) is 13.5. The SMILES string of the molecule is CC1(C)c2ccccc2-c2c(N(c3ccccc3)c3ccc4sc5ccccc5c4c3)cc3ccccc3c21. The predicted octanol–water partition coefficient (Wildman–Crippen LogP) is 11.0. The summed E-state index contributed by atoms with van der Waals surface area (Å²) in [4.78, 5) is 2.47. The second-order valence-corrected chi connectivity index (χ2v) is 12.1. The molecular weight excluding hydrogens is 490 g/mol. The Bertz CT molecular complexity index is 2050. The van der Waals surface area contributed by atoms with Crippen LogP contribution >= 0.6 is 11.3 Å². The molecule has 1 aliphatic rings. The van der Waals surface area contributed by atoms with Gasteiger partial charge in [0, 0.05) is 42.5 Å². The second-order valence-electron chi connectivity index (χ2n) is 11.0. The van der Waals surface area contributed by atoms with E-state index >= 15 is 0 Å². The van der Waals surface area contributed by atoms with Gasteiger partial charge in [-0.25, -0.2) is 0 Å². The van der Waals surface area contributed by atoms with E-state index in [1.165, 1.54) is 64.6 Å². The second kappa shape index (κ2) is 8.30. The fourth-order valence-electron chi connectivity index (χ4n) is 6.67. The summed E-state index contributed by atoms with van der Waals surface area (Å²) in [6.45, 7) is 4.76. The maximum Gasteiger partial charge on any atom is 0.0549 e. The molecule has 6 aromatic carbocycles. The van der Waals surface area contributed by atoms with Gasteiger partial charge in [-0.2, -0.15) is 0 Å². The number of anilines is 3. The molecule has 1 nitrogen and oxygen atoms in total. The molecule has 0 saturated carbocycles. The summed E-state index contributed by atoms with van der Waals surface area (Å²) in [5.41, 5.74) is 8.95. The van der Waals surface area contributed by atoms with Gasteiger partial charge in [-0.15, -0.1) is 11.3 Å². The first kappa shape index (κ1) is 22.6. The van der Waals surface area contributed by atoms with E-state index in [9.17, 15) is 0 Å². The van der Waals surface area contributed by atoms with Crippen LogP contribution in [-0.4, -0.2) is 0 Å². The molecule has 186 valence electrons. The zero-order valence-corrected chi connectivity index (χ0v) is 22.8. The minimum absolute atomic E-state index is 0.0998. The third-order valence-corrected chi connectivity index (χ3v) is 9.55. The van der Waals surface area contributed by atoms with Crippen LogP contribution in [0.3, 0.4) is 0 Å². The Kier molecular flexibility index (Phi) is 4.80. The number of rotatable bonds is 3. The van der Waals surface area contributed by atoms with Crippen molar-refractivity contribution in [2.45, 2.75) is 19.3 Å². The highest BCUT2D eigenvalue weighted by atomic mass is 32.1. The van der Waals surface area contributed by atoms with Gasteiger partial charge < -0.3 is 4.90 Å². The topological polar surface area (TPSA) is 3.24 Å². The maximum atomic E-state index is 2.47. The number of hydrogen-bond donors (Lipinski definition) is 0. The van der Waals surface area contributed by atoms with Crippen molar-refractivity contribution in [3.63, 3.8) is 0 Å². The Morgan fingerprint density at radius 1 is 0.564 bits per heavy atom. The Hall–Kier alpha value is -4.40. The molecule has 1 heterocycles. The summed E-state index contributed by atoms with van der Waals surface area (Å²) in [5, 5.41) is 5.25. The van der Waals surface area contributed by atoms with Gasteiger partial charge in [0.2, 0.25) is 0 Å². The van der Waals surface area contributed by atoms with Crippen molar-refractivity contribution in [2.75, 3.05) is 4.90 Å². The molecule has 8 rings (SSSR count). The van der Waals surface area contributed by atoms with E-state index in [1.807, 2.05) is 11.3 Å². The molecular formula is C37H27NS. The summed E-state index contributed by atoms with van der Waals surface area (Å²) in [5.74, 6) is 0. The molecule has 0 atom stereocenters. The van der Waals surface area contributed by atoms with Crippen molar-refractivity contribution in [1.29, 1.82) is 0 Å². The van der Waals surface area contributed by atoms with E-state index in [4.69, 9.17) is 0 Å². The molecule has 0 saturated heterocycles. The summed E-state index contributed by atoms with van der Waals surface area (Å²) >= 11 is 1.87. The average molecular weight is 518 g/mol. The first-order chi connectivity index (χ1) is 19.1. The monoisotopic (exact) mass is 517 g/mol. The number of hydrogen-bond acceptors (Lipinski definition) is 2. The number of thiophene rings is 1. The van der Waals surface area contributed by atoms with E-state index in [-0.39, 0.29) is 5.41 Å². The lowest BCUT2D eigenvalue weighted by molar-refractivity contribution is 0.666. The lowest BCUT2D eigenvalue weighted by Gasteiger charge is -2.30. The summed E-state index contributed by atoms with van der Waals surface area (Å²) in [6.07, 6.45) is 0. The molecule has 1 aromatic heterocycles. The van der Waals surface area contributed by atoms with E-state index in [0.29, 0.717) is 0 Å². The van der Waals surface area contributed by atoms with E-state index in [2.05, 4.69) is 146 Å². The highest BCUT2D eigenvalue weighted by Gasteiger charge is 2.39. The fraction of sp³-hybridized carbons (Fsp3) is 0.0811. The van der Waals surface area contributed by atoms with Crippen LogP contribution in [0.2, 0.25) is 0 Å². The van der Waals surface area contributed by atoms with E-state index < -0.39 is 0 Å². The third-order valence-electron chi connectivity index (χ3n) is 8.40. The van der Waals surface area contributed by atoms with Gasteiger partial charge >= 0.3 is 0 Å².